The second-order valence-electron chi connectivity index (χ2n) is 7.13. The van der Waals surface area contributed by atoms with E-state index in [2.05, 4.69) is 50.6 Å². The summed E-state index contributed by atoms with van der Waals surface area (Å²) < 4.78 is 3.24. The van der Waals surface area contributed by atoms with Crippen LogP contribution in [0.25, 0.3) is 11.0 Å². The summed E-state index contributed by atoms with van der Waals surface area (Å²) in [5, 5.41) is 2.99. The number of para-hydroxylation sites is 2. The number of fused-ring (bicyclic) bond motifs is 1. The van der Waals surface area contributed by atoms with Gasteiger partial charge in [0.2, 0.25) is 0 Å². The summed E-state index contributed by atoms with van der Waals surface area (Å²) in [6.07, 6.45) is 4.00. The molecule has 1 N–H and O–H groups in total. The van der Waals surface area contributed by atoms with Crippen LogP contribution >= 0.6 is 15.9 Å². The number of aromatic nitrogens is 2. The third kappa shape index (κ3) is 5.32. The lowest BCUT2D eigenvalue weighted by Gasteiger charge is -2.09. The quantitative estimate of drug-likeness (QED) is 0.352. The highest BCUT2D eigenvalue weighted by Crippen LogP contribution is 2.19. The molecular weight excluding hydrogens is 414 g/mol. The number of amides is 1. The number of imidazole rings is 1. The van der Waals surface area contributed by atoms with Crippen LogP contribution in [0.1, 0.15) is 42.4 Å². The van der Waals surface area contributed by atoms with Gasteiger partial charge in [-0.2, -0.15) is 0 Å². The molecule has 5 heteroatoms. The van der Waals surface area contributed by atoms with Crippen molar-refractivity contribution in [1.82, 2.24) is 14.9 Å². The molecule has 0 spiro atoms. The lowest BCUT2D eigenvalue weighted by atomic mass is 10.1. The average molecular weight is 440 g/mol. The van der Waals surface area contributed by atoms with Crippen LogP contribution in [0.2, 0.25) is 0 Å². The third-order valence-corrected chi connectivity index (χ3v) is 5.16. The molecule has 0 aliphatic heterocycles. The van der Waals surface area contributed by atoms with E-state index < -0.39 is 0 Å². The van der Waals surface area contributed by atoms with E-state index in [1.165, 1.54) is 5.52 Å². The van der Waals surface area contributed by atoms with Gasteiger partial charge in [-0.05, 0) is 56.2 Å². The zero-order valence-electron chi connectivity index (χ0n) is 16.2. The minimum atomic E-state index is -0.0178. The van der Waals surface area contributed by atoms with Crippen molar-refractivity contribution in [3.63, 3.8) is 0 Å². The number of nitrogens with one attached hydrogen (secondary N) is 1. The molecule has 3 aromatic rings. The fourth-order valence-electron chi connectivity index (χ4n) is 3.25. The van der Waals surface area contributed by atoms with Crippen LogP contribution in [0.3, 0.4) is 0 Å². The number of unbranched alkanes of at least 4 members (excludes halogenated alkanes) is 2. The SMILES string of the molecule is C=C(C)Cn1c(CCCCCNC(=O)c2ccc(Br)cc2)nc2ccccc21. The van der Waals surface area contributed by atoms with Gasteiger partial charge in [-0.3, -0.25) is 4.79 Å². The van der Waals surface area contributed by atoms with Gasteiger partial charge in [0.15, 0.2) is 0 Å². The van der Waals surface area contributed by atoms with E-state index in [1.54, 1.807) is 0 Å². The molecule has 4 nitrogen and oxygen atoms in total. The van der Waals surface area contributed by atoms with Crippen LogP contribution in [0.15, 0.2) is 65.2 Å². The number of halogens is 1. The number of nitrogens with zero attached hydrogens (tertiary/aromatic N) is 2. The molecule has 1 heterocycles. The number of benzene rings is 2. The van der Waals surface area contributed by atoms with Crippen LogP contribution in [-0.4, -0.2) is 22.0 Å². The van der Waals surface area contributed by atoms with E-state index in [0.717, 1.165) is 53.6 Å². The first-order valence-electron chi connectivity index (χ1n) is 9.67. The lowest BCUT2D eigenvalue weighted by Crippen LogP contribution is -2.24. The summed E-state index contributed by atoms with van der Waals surface area (Å²) in [6, 6.07) is 15.7. The molecule has 0 aliphatic carbocycles. The third-order valence-electron chi connectivity index (χ3n) is 4.63. The zero-order chi connectivity index (χ0) is 19.9. The Labute approximate surface area is 174 Å². The Hall–Kier alpha value is -2.40. The highest BCUT2D eigenvalue weighted by Gasteiger charge is 2.10. The van der Waals surface area contributed by atoms with Crippen LogP contribution in [-0.2, 0) is 13.0 Å². The van der Waals surface area contributed by atoms with Gasteiger partial charge in [0.1, 0.15) is 5.82 Å². The van der Waals surface area contributed by atoms with E-state index in [9.17, 15) is 4.79 Å². The van der Waals surface area contributed by atoms with Crippen molar-refractivity contribution in [1.29, 1.82) is 0 Å². The fourth-order valence-corrected chi connectivity index (χ4v) is 3.52. The minimum Gasteiger partial charge on any atom is -0.352 e. The number of carbonyl (C=O) groups is 1. The molecule has 0 radical (unpaired) electrons. The second kappa shape index (κ2) is 9.69. The van der Waals surface area contributed by atoms with E-state index in [-0.39, 0.29) is 5.91 Å². The van der Waals surface area contributed by atoms with Crippen molar-refractivity contribution in [3.8, 4) is 0 Å². The largest absolute Gasteiger partial charge is 0.352 e. The molecule has 0 atom stereocenters. The van der Waals surface area contributed by atoms with E-state index >= 15 is 0 Å². The fraction of sp³-hybridized carbons (Fsp3) is 0.304. The molecule has 28 heavy (non-hydrogen) atoms. The minimum absolute atomic E-state index is 0.0178. The average Bonchev–Trinajstić information content (AvgIpc) is 3.02. The van der Waals surface area contributed by atoms with Crippen LogP contribution in [0, 0.1) is 0 Å². The molecule has 0 aliphatic rings. The van der Waals surface area contributed by atoms with Gasteiger partial charge in [-0.15, -0.1) is 0 Å². The Bertz CT molecular complexity index is 960. The van der Waals surface area contributed by atoms with Gasteiger partial charge in [0.05, 0.1) is 11.0 Å². The molecular formula is C23H26BrN3O. The number of hydrogen-bond donors (Lipinski definition) is 1. The Balaban J connectivity index is 1.47. The molecule has 146 valence electrons. The molecule has 0 saturated carbocycles. The summed E-state index contributed by atoms with van der Waals surface area (Å²) in [5.74, 6) is 1.10. The molecule has 2 aromatic carbocycles. The maximum atomic E-state index is 12.1. The van der Waals surface area contributed by atoms with Gasteiger partial charge < -0.3 is 9.88 Å². The van der Waals surface area contributed by atoms with E-state index in [1.807, 2.05) is 37.3 Å². The first-order valence-corrected chi connectivity index (χ1v) is 10.5. The highest BCUT2D eigenvalue weighted by atomic mass is 79.9. The maximum Gasteiger partial charge on any atom is 0.251 e. The topological polar surface area (TPSA) is 46.9 Å². The highest BCUT2D eigenvalue weighted by molar-refractivity contribution is 9.10. The normalized spacial score (nSPS) is 10.9. The van der Waals surface area contributed by atoms with Gasteiger partial charge in [0, 0.05) is 29.5 Å². The molecule has 0 bridgehead atoms. The number of aryl methyl sites for hydroxylation is 1. The van der Waals surface area contributed by atoms with Crippen molar-refractivity contribution >= 4 is 32.9 Å². The maximum absolute atomic E-state index is 12.1. The predicted octanol–water partition coefficient (Wildman–Crippen LogP) is 5.52. The summed E-state index contributed by atoms with van der Waals surface area (Å²) in [7, 11) is 0. The molecule has 3 rings (SSSR count). The number of allylic oxidation sites excluding steroid dienone is 1. The van der Waals surface area contributed by atoms with Gasteiger partial charge in [-0.1, -0.05) is 46.6 Å². The smallest absolute Gasteiger partial charge is 0.251 e. The first kappa shape index (κ1) is 20.3. The summed E-state index contributed by atoms with van der Waals surface area (Å²) in [5.41, 5.74) is 4.03. The Kier molecular flexibility index (Phi) is 7.04. The molecule has 0 fully saturated rings. The lowest BCUT2D eigenvalue weighted by molar-refractivity contribution is 0.0953. The van der Waals surface area contributed by atoms with Gasteiger partial charge >= 0.3 is 0 Å². The van der Waals surface area contributed by atoms with Crippen LogP contribution < -0.4 is 5.32 Å². The number of carbonyl (C=O) groups excluding carboxylic acids is 1. The molecule has 1 aromatic heterocycles. The summed E-state index contributed by atoms with van der Waals surface area (Å²) in [6.45, 7) is 7.60. The van der Waals surface area contributed by atoms with Crippen molar-refractivity contribution in [2.45, 2.75) is 39.2 Å². The standard InChI is InChI=1S/C23H26BrN3O/c1-17(2)16-27-21-9-6-5-8-20(21)26-22(27)10-4-3-7-15-25-23(28)18-11-13-19(24)14-12-18/h5-6,8-9,11-14H,1,3-4,7,10,15-16H2,2H3,(H,25,28). The summed E-state index contributed by atoms with van der Waals surface area (Å²) in [4.78, 5) is 16.9. The molecule has 1 amide bonds. The van der Waals surface area contributed by atoms with Crippen LogP contribution in [0.5, 0.6) is 0 Å². The zero-order valence-corrected chi connectivity index (χ0v) is 17.8. The van der Waals surface area contributed by atoms with Gasteiger partial charge in [0.25, 0.3) is 5.91 Å². The van der Waals surface area contributed by atoms with Crippen molar-refractivity contribution in [2.75, 3.05) is 6.54 Å². The van der Waals surface area contributed by atoms with Crippen molar-refractivity contribution in [2.24, 2.45) is 0 Å². The second-order valence-corrected chi connectivity index (χ2v) is 8.05. The Morgan fingerprint density at radius 2 is 1.86 bits per heavy atom. The van der Waals surface area contributed by atoms with Crippen LogP contribution in [0.4, 0.5) is 0 Å². The number of rotatable bonds is 9. The monoisotopic (exact) mass is 439 g/mol. The Morgan fingerprint density at radius 3 is 2.61 bits per heavy atom. The summed E-state index contributed by atoms with van der Waals surface area (Å²) >= 11 is 3.38. The van der Waals surface area contributed by atoms with Crippen molar-refractivity contribution < 1.29 is 4.79 Å². The van der Waals surface area contributed by atoms with E-state index in [4.69, 9.17) is 4.98 Å². The first-order chi connectivity index (χ1) is 13.5. The number of hydrogen-bond acceptors (Lipinski definition) is 2. The predicted molar refractivity (Wildman–Crippen MR) is 119 cm³/mol. The molecule has 0 saturated heterocycles. The Morgan fingerprint density at radius 1 is 1.11 bits per heavy atom. The van der Waals surface area contributed by atoms with Gasteiger partial charge in [-0.25, -0.2) is 4.98 Å². The van der Waals surface area contributed by atoms with E-state index in [0.29, 0.717) is 12.1 Å². The van der Waals surface area contributed by atoms with Crippen molar-refractivity contribution in [3.05, 3.63) is 76.5 Å². The molecule has 0 unspecified atom stereocenters.